The average Bonchev–Trinajstić information content (AvgIpc) is 2.64. The van der Waals surface area contributed by atoms with Gasteiger partial charge < -0.3 is 10.1 Å². The summed E-state index contributed by atoms with van der Waals surface area (Å²) < 4.78 is 8.23. The molecule has 1 rings (SSSR count). The number of nitrogens with zero attached hydrogens (tertiary/aromatic N) is 3. The van der Waals surface area contributed by atoms with Crippen LogP contribution in [0.3, 0.4) is 0 Å². The number of methoxy groups -OCH3 is 1. The van der Waals surface area contributed by atoms with Crippen molar-refractivity contribution in [1.82, 2.24) is 20.3 Å². The number of aromatic nitrogens is 3. The van der Waals surface area contributed by atoms with Crippen molar-refractivity contribution >= 4 is 15.9 Å². The first kappa shape index (κ1) is 15.6. The van der Waals surface area contributed by atoms with Gasteiger partial charge in [0.25, 0.3) is 0 Å². The van der Waals surface area contributed by atoms with E-state index in [1.54, 1.807) is 11.8 Å². The summed E-state index contributed by atoms with van der Waals surface area (Å²) in [5.74, 6) is 0.408. The molecule has 1 aromatic rings. The molecule has 1 N–H and O–H groups in total. The molecule has 0 bridgehead atoms. The van der Waals surface area contributed by atoms with E-state index in [-0.39, 0.29) is 12.1 Å². The maximum Gasteiger partial charge on any atom is 0.153 e. The van der Waals surface area contributed by atoms with Gasteiger partial charge in [-0.1, -0.05) is 26.0 Å². The molecule has 2 unspecified atom stereocenters. The second-order valence-electron chi connectivity index (χ2n) is 4.77. The van der Waals surface area contributed by atoms with E-state index in [4.69, 9.17) is 4.74 Å². The molecule has 1 heterocycles. The van der Waals surface area contributed by atoms with Crippen LogP contribution in [-0.2, 0) is 11.8 Å². The van der Waals surface area contributed by atoms with Crippen molar-refractivity contribution in [1.29, 1.82) is 0 Å². The number of hydrogen-bond acceptors (Lipinski definition) is 4. The van der Waals surface area contributed by atoms with Crippen LogP contribution in [0.25, 0.3) is 0 Å². The number of halogens is 1. The Morgan fingerprint density at radius 3 is 2.50 bits per heavy atom. The third-order valence-corrected chi connectivity index (χ3v) is 3.56. The van der Waals surface area contributed by atoms with E-state index < -0.39 is 0 Å². The van der Waals surface area contributed by atoms with Crippen LogP contribution in [0.15, 0.2) is 4.60 Å². The van der Waals surface area contributed by atoms with Gasteiger partial charge in [0.2, 0.25) is 0 Å². The van der Waals surface area contributed by atoms with Crippen LogP contribution in [0.5, 0.6) is 0 Å². The molecule has 0 amide bonds. The van der Waals surface area contributed by atoms with Crippen LogP contribution in [-0.4, -0.2) is 34.8 Å². The quantitative estimate of drug-likeness (QED) is 0.838. The van der Waals surface area contributed by atoms with Crippen LogP contribution in [0.1, 0.15) is 38.9 Å². The van der Waals surface area contributed by atoms with Crippen molar-refractivity contribution in [3.05, 3.63) is 10.3 Å². The predicted molar refractivity (Wildman–Crippen MR) is 75.4 cm³/mol. The van der Waals surface area contributed by atoms with Crippen LogP contribution in [0, 0.1) is 5.92 Å². The molecule has 0 aromatic carbocycles. The van der Waals surface area contributed by atoms with Crippen molar-refractivity contribution in [2.75, 3.05) is 13.7 Å². The van der Waals surface area contributed by atoms with Gasteiger partial charge in [0.05, 0.1) is 17.8 Å². The van der Waals surface area contributed by atoms with Gasteiger partial charge in [-0.05, 0) is 34.8 Å². The van der Waals surface area contributed by atoms with Gasteiger partial charge in [-0.25, -0.2) is 4.68 Å². The summed E-state index contributed by atoms with van der Waals surface area (Å²) in [6.07, 6.45) is 1.17. The lowest BCUT2D eigenvalue weighted by Gasteiger charge is -2.30. The molecule has 0 aliphatic carbocycles. The van der Waals surface area contributed by atoms with Gasteiger partial charge in [-0.2, -0.15) is 0 Å². The highest BCUT2D eigenvalue weighted by Gasteiger charge is 2.30. The van der Waals surface area contributed by atoms with Crippen LogP contribution in [0.2, 0.25) is 0 Å². The second-order valence-corrected chi connectivity index (χ2v) is 5.52. The zero-order chi connectivity index (χ0) is 13.7. The predicted octanol–water partition coefficient (Wildman–Crippen LogP) is 2.29. The Bertz CT molecular complexity index is 347. The molecule has 104 valence electrons. The summed E-state index contributed by atoms with van der Waals surface area (Å²) in [6, 6.07) is 0.0873. The molecule has 5 nitrogen and oxygen atoms in total. The summed E-state index contributed by atoms with van der Waals surface area (Å²) in [5.41, 5.74) is 1.03. The van der Waals surface area contributed by atoms with E-state index in [1.165, 1.54) is 0 Å². The molecule has 1 aromatic heterocycles. The number of nitrogens with one attached hydrogen (secondary N) is 1. The van der Waals surface area contributed by atoms with Crippen LogP contribution < -0.4 is 5.32 Å². The molecular weight excluding hydrogens is 296 g/mol. The van der Waals surface area contributed by atoms with Crippen LogP contribution >= 0.6 is 15.9 Å². The van der Waals surface area contributed by atoms with Gasteiger partial charge >= 0.3 is 0 Å². The molecular formula is C12H23BrN4O. The third kappa shape index (κ3) is 3.52. The normalized spacial score (nSPS) is 15.1. The minimum atomic E-state index is 0.0873. The Labute approximate surface area is 117 Å². The zero-order valence-corrected chi connectivity index (χ0v) is 13.4. The SMILES string of the molecule is CCCNC(c1c(Br)nnn1C)C(OC)C(C)C. The van der Waals surface area contributed by atoms with E-state index in [1.807, 2.05) is 7.05 Å². The van der Waals surface area contributed by atoms with Gasteiger partial charge in [0, 0.05) is 14.2 Å². The highest BCUT2D eigenvalue weighted by Crippen LogP contribution is 2.28. The summed E-state index contributed by atoms with van der Waals surface area (Å²) in [5, 5.41) is 11.6. The Kier molecular flexibility index (Phi) is 6.25. The summed E-state index contributed by atoms with van der Waals surface area (Å²) >= 11 is 3.47. The fourth-order valence-electron chi connectivity index (χ4n) is 2.13. The molecule has 0 saturated carbocycles. The van der Waals surface area contributed by atoms with Gasteiger partial charge in [-0.3, -0.25) is 0 Å². The highest BCUT2D eigenvalue weighted by molar-refractivity contribution is 9.10. The van der Waals surface area contributed by atoms with Crippen molar-refractivity contribution in [3.8, 4) is 0 Å². The lowest BCUT2D eigenvalue weighted by molar-refractivity contribution is 0.0302. The van der Waals surface area contributed by atoms with E-state index in [2.05, 4.69) is 52.3 Å². The fraction of sp³-hybridized carbons (Fsp3) is 0.833. The average molecular weight is 319 g/mol. The van der Waals surface area contributed by atoms with Crippen molar-refractivity contribution < 1.29 is 4.74 Å². The Morgan fingerprint density at radius 2 is 2.11 bits per heavy atom. The Balaban J connectivity index is 3.04. The summed E-state index contributed by atoms with van der Waals surface area (Å²) in [7, 11) is 3.66. The van der Waals surface area contributed by atoms with E-state index in [0.717, 1.165) is 23.3 Å². The van der Waals surface area contributed by atoms with Gasteiger partial charge in [-0.15, -0.1) is 5.10 Å². The number of aryl methyl sites for hydroxylation is 1. The molecule has 2 atom stereocenters. The zero-order valence-electron chi connectivity index (χ0n) is 11.8. The lowest BCUT2D eigenvalue weighted by atomic mass is 9.97. The molecule has 0 spiro atoms. The fourth-order valence-corrected chi connectivity index (χ4v) is 2.70. The van der Waals surface area contributed by atoms with Gasteiger partial charge in [0.15, 0.2) is 4.60 Å². The molecule has 0 aliphatic rings. The molecule has 0 fully saturated rings. The summed E-state index contributed by atoms with van der Waals surface area (Å²) in [4.78, 5) is 0. The van der Waals surface area contributed by atoms with E-state index >= 15 is 0 Å². The van der Waals surface area contributed by atoms with E-state index in [0.29, 0.717) is 5.92 Å². The van der Waals surface area contributed by atoms with Crippen LogP contribution in [0.4, 0.5) is 0 Å². The lowest BCUT2D eigenvalue weighted by Crippen LogP contribution is -2.38. The maximum atomic E-state index is 5.65. The highest BCUT2D eigenvalue weighted by atomic mass is 79.9. The Hall–Kier alpha value is -0.460. The summed E-state index contributed by atoms with van der Waals surface area (Å²) in [6.45, 7) is 7.41. The monoisotopic (exact) mass is 318 g/mol. The van der Waals surface area contributed by atoms with Gasteiger partial charge in [0.1, 0.15) is 0 Å². The first-order chi connectivity index (χ1) is 8.52. The number of ether oxygens (including phenoxy) is 1. The van der Waals surface area contributed by atoms with Crippen molar-refractivity contribution in [2.24, 2.45) is 13.0 Å². The van der Waals surface area contributed by atoms with Crippen molar-refractivity contribution in [2.45, 2.75) is 39.3 Å². The standard InChI is InChI=1S/C12H23BrN4O/c1-6-7-14-9(11(18-5)8(2)3)10-12(13)15-16-17(10)4/h8-9,11,14H,6-7H2,1-5H3. The van der Waals surface area contributed by atoms with Crippen molar-refractivity contribution in [3.63, 3.8) is 0 Å². The van der Waals surface area contributed by atoms with E-state index in [9.17, 15) is 0 Å². The first-order valence-electron chi connectivity index (χ1n) is 6.34. The third-order valence-electron chi connectivity index (χ3n) is 2.99. The Morgan fingerprint density at radius 1 is 1.44 bits per heavy atom. The minimum Gasteiger partial charge on any atom is -0.379 e. The maximum absolute atomic E-state index is 5.65. The number of rotatable bonds is 7. The second kappa shape index (κ2) is 7.21. The first-order valence-corrected chi connectivity index (χ1v) is 7.13. The number of hydrogen-bond donors (Lipinski definition) is 1. The molecule has 0 aliphatic heterocycles. The molecule has 0 radical (unpaired) electrons. The molecule has 0 saturated heterocycles. The topological polar surface area (TPSA) is 52.0 Å². The largest absolute Gasteiger partial charge is 0.379 e. The molecule has 18 heavy (non-hydrogen) atoms. The molecule has 6 heteroatoms. The smallest absolute Gasteiger partial charge is 0.153 e. The minimum absolute atomic E-state index is 0.0873.